The average Bonchev–Trinajstić information content (AvgIpc) is 2.93. The Bertz CT molecular complexity index is 788. The van der Waals surface area contributed by atoms with Crippen LogP contribution >= 0.6 is 35.3 Å². The fourth-order valence-electron chi connectivity index (χ4n) is 2.44. The predicted octanol–water partition coefficient (Wildman–Crippen LogP) is 3.77. The van der Waals surface area contributed by atoms with Gasteiger partial charge in [0.25, 0.3) is 0 Å². The number of thiazole rings is 1. The number of benzene rings is 1. The lowest BCUT2D eigenvalue weighted by atomic mass is 10.2. The lowest BCUT2D eigenvalue weighted by molar-refractivity contribution is 0.250. The average molecular weight is 516 g/mol. The maximum atomic E-state index is 11.7. The van der Waals surface area contributed by atoms with Gasteiger partial charge in [0.15, 0.2) is 5.96 Å². The number of hydrogen-bond donors (Lipinski definition) is 4. The van der Waals surface area contributed by atoms with Crippen molar-refractivity contribution in [2.45, 2.75) is 46.8 Å². The fourth-order valence-corrected chi connectivity index (χ4v) is 3.32. The van der Waals surface area contributed by atoms with Gasteiger partial charge in [-0.2, -0.15) is 0 Å². The van der Waals surface area contributed by atoms with Gasteiger partial charge in [0.05, 0.1) is 17.2 Å². The minimum absolute atomic E-state index is 0. The van der Waals surface area contributed by atoms with E-state index < -0.39 is 0 Å². The highest BCUT2D eigenvalue weighted by Gasteiger charge is 2.06. The number of nitrogens with one attached hydrogen (secondary N) is 4. The normalized spacial score (nSPS) is 11.0. The highest BCUT2D eigenvalue weighted by atomic mass is 127. The summed E-state index contributed by atoms with van der Waals surface area (Å²) in [7, 11) is 1.75. The number of carbonyl (C=O) groups excluding carboxylic acids is 1. The van der Waals surface area contributed by atoms with Gasteiger partial charge < -0.3 is 21.3 Å². The molecule has 2 rings (SSSR count). The first-order valence-corrected chi connectivity index (χ1v) is 9.73. The molecule has 2 aromatic rings. The third-order valence-electron chi connectivity index (χ3n) is 3.73. The van der Waals surface area contributed by atoms with E-state index in [1.54, 1.807) is 18.4 Å². The summed E-state index contributed by atoms with van der Waals surface area (Å²) in [6.45, 7) is 9.22. The number of nitrogens with zero attached hydrogens (tertiary/aromatic N) is 2. The van der Waals surface area contributed by atoms with Crippen molar-refractivity contribution in [3.63, 3.8) is 0 Å². The Hall–Kier alpha value is -1.88. The zero-order chi connectivity index (χ0) is 19.8. The summed E-state index contributed by atoms with van der Waals surface area (Å²) in [4.78, 5) is 21.6. The maximum absolute atomic E-state index is 11.7. The zero-order valence-electron chi connectivity index (χ0n) is 16.9. The van der Waals surface area contributed by atoms with E-state index in [0.29, 0.717) is 13.1 Å². The van der Waals surface area contributed by atoms with Gasteiger partial charge in [0, 0.05) is 30.2 Å². The molecule has 28 heavy (non-hydrogen) atoms. The molecule has 0 aliphatic carbocycles. The Labute approximate surface area is 187 Å². The van der Waals surface area contributed by atoms with Gasteiger partial charge in [-0.05, 0) is 45.4 Å². The predicted molar refractivity (Wildman–Crippen MR) is 128 cm³/mol. The number of halogens is 1. The molecule has 0 saturated heterocycles. The lowest BCUT2D eigenvalue weighted by Crippen LogP contribution is -2.36. The number of aryl methyl sites for hydroxylation is 2. The number of aromatic nitrogens is 1. The van der Waals surface area contributed by atoms with Crippen LogP contribution in [0, 0.1) is 13.8 Å². The van der Waals surface area contributed by atoms with Crippen molar-refractivity contribution in [2.75, 3.05) is 12.4 Å². The number of anilines is 1. The van der Waals surface area contributed by atoms with E-state index in [4.69, 9.17) is 0 Å². The van der Waals surface area contributed by atoms with Gasteiger partial charge >= 0.3 is 6.03 Å². The maximum Gasteiger partial charge on any atom is 0.319 e. The number of urea groups is 1. The van der Waals surface area contributed by atoms with Crippen LogP contribution in [-0.2, 0) is 13.1 Å². The molecule has 154 valence electrons. The van der Waals surface area contributed by atoms with Gasteiger partial charge in [0.1, 0.15) is 0 Å². The van der Waals surface area contributed by atoms with E-state index in [1.165, 1.54) is 4.88 Å². The number of amides is 2. The van der Waals surface area contributed by atoms with Crippen LogP contribution in [0.5, 0.6) is 0 Å². The lowest BCUT2D eigenvalue weighted by Gasteiger charge is -2.13. The summed E-state index contributed by atoms with van der Waals surface area (Å²) in [5.74, 6) is 0.735. The Morgan fingerprint density at radius 1 is 1.14 bits per heavy atom. The molecule has 1 heterocycles. The Morgan fingerprint density at radius 2 is 1.79 bits per heavy atom. The first kappa shape index (κ1) is 24.2. The molecule has 0 bridgehead atoms. The van der Waals surface area contributed by atoms with E-state index >= 15 is 0 Å². The summed E-state index contributed by atoms with van der Waals surface area (Å²) in [6.07, 6.45) is 0. The number of rotatable bonds is 6. The van der Waals surface area contributed by atoms with Crippen LogP contribution in [0.2, 0.25) is 0 Å². The molecule has 0 saturated carbocycles. The zero-order valence-corrected chi connectivity index (χ0v) is 20.1. The van der Waals surface area contributed by atoms with Gasteiger partial charge in [-0.25, -0.2) is 9.78 Å². The molecule has 0 atom stereocenters. The number of aliphatic imine (C=N–C) groups is 1. The number of hydrogen-bond acceptors (Lipinski definition) is 4. The summed E-state index contributed by atoms with van der Waals surface area (Å²) in [5.41, 5.74) is 2.91. The fraction of sp³-hybridized carbons (Fsp3) is 0.421. The summed E-state index contributed by atoms with van der Waals surface area (Å²) in [5, 5.41) is 13.3. The molecule has 0 unspecified atom stereocenters. The standard InChI is InChI=1S/C19H28N6OS.HI/c1-12(2)23-19(26)25-16-8-6-15(7-9-16)10-21-18(20-5)22-11-17-13(3)24-14(4)27-17;/h6-9,12H,10-11H2,1-5H3,(H2,20,21,22)(H2,23,25,26);1H. The van der Waals surface area contributed by atoms with Crippen molar-refractivity contribution >= 4 is 53.0 Å². The first-order chi connectivity index (χ1) is 12.9. The molecular formula is C19H29IN6OS. The number of carbonyl (C=O) groups is 1. The third kappa shape index (κ3) is 8.01. The summed E-state index contributed by atoms with van der Waals surface area (Å²) >= 11 is 1.70. The van der Waals surface area contributed by atoms with Crippen LogP contribution in [0.4, 0.5) is 10.5 Å². The van der Waals surface area contributed by atoms with Gasteiger partial charge in [-0.15, -0.1) is 35.3 Å². The van der Waals surface area contributed by atoms with E-state index in [-0.39, 0.29) is 36.0 Å². The minimum atomic E-state index is -0.200. The Kier molecular flexibility index (Phi) is 10.2. The SMILES string of the molecule is CN=C(NCc1ccc(NC(=O)NC(C)C)cc1)NCc1sc(C)nc1C.I. The van der Waals surface area contributed by atoms with Crippen LogP contribution in [0.3, 0.4) is 0 Å². The quantitative estimate of drug-likeness (QED) is 0.267. The molecule has 0 aliphatic heterocycles. The second-order valence-electron chi connectivity index (χ2n) is 6.47. The van der Waals surface area contributed by atoms with E-state index in [0.717, 1.165) is 27.9 Å². The molecular weight excluding hydrogens is 487 g/mol. The smallest absolute Gasteiger partial charge is 0.319 e. The first-order valence-electron chi connectivity index (χ1n) is 8.91. The van der Waals surface area contributed by atoms with E-state index in [9.17, 15) is 4.79 Å². The van der Waals surface area contributed by atoms with Crippen molar-refractivity contribution in [3.05, 3.63) is 45.4 Å². The molecule has 2 amide bonds. The highest BCUT2D eigenvalue weighted by Crippen LogP contribution is 2.16. The van der Waals surface area contributed by atoms with Crippen LogP contribution < -0.4 is 21.3 Å². The van der Waals surface area contributed by atoms with Crippen molar-refractivity contribution < 1.29 is 4.79 Å². The molecule has 9 heteroatoms. The topological polar surface area (TPSA) is 90.4 Å². The Balaban J connectivity index is 0.00000392. The summed E-state index contributed by atoms with van der Waals surface area (Å²) in [6, 6.07) is 7.62. The molecule has 4 N–H and O–H groups in total. The highest BCUT2D eigenvalue weighted by molar-refractivity contribution is 14.0. The molecule has 0 spiro atoms. The van der Waals surface area contributed by atoms with Crippen molar-refractivity contribution in [1.82, 2.24) is 20.9 Å². The van der Waals surface area contributed by atoms with Crippen LogP contribution in [-0.4, -0.2) is 30.1 Å². The monoisotopic (exact) mass is 516 g/mol. The van der Waals surface area contributed by atoms with Crippen molar-refractivity contribution in [3.8, 4) is 0 Å². The molecule has 7 nitrogen and oxygen atoms in total. The molecule has 0 radical (unpaired) electrons. The van der Waals surface area contributed by atoms with Gasteiger partial charge in [-0.1, -0.05) is 12.1 Å². The molecule has 0 fully saturated rings. The van der Waals surface area contributed by atoms with Crippen molar-refractivity contribution in [2.24, 2.45) is 4.99 Å². The molecule has 0 aliphatic rings. The Morgan fingerprint density at radius 3 is 2.32 bits per heavy atom. The van der Waals surface area contributed by atoms with Gasteiger partial charge in [0.2, 0.25) is 0 Å². The number of guanidine groups is 1. The van der Waals surface area contributed by atoms with Crippen molar-refractivity contribution in [1.29, 1.82) is 0 Å². The van der Waals surface area contributed by atoms with Crippen LogP contribution in [0.15, 0.2) is 29.3 Å². The van der Waals surface area contributed by atoms with E-state index in [1.807, 2.05) is 52.0 Å². The van der Waals surface area contributed by atoms with Crippen LogP contribution in [0.25, 0.3) is 0 Å². The third-order valence-corrected chi connectivity index (χ3v) is 4.80. The molecule has 1 aromatic heterocycles. The minimum Gasteiger partial charge on any atom is -0.352 e. The van der Waals surface area contributed by atoms with Gasteiger partial charge in [-0.3, -0.25) is 4.99 Å². The van der Waals surface area contributed by atoms with Crippen LogP contribution in [0.1, 0.15) is 35.0 Å². The molecule has 1 aromatic carbocycles. The van der Waals surface area contributed by atoms with E-state index in [2.05, 4.69) is 31.2 Å². The second kappa shape index (κ2) is 11.8. The second-order valence-corrected chi connectivity index (χ2v) is 7.76. The largest absolute Gasteiger partial charge is 0.352 e. The summed E-state index contributed by atoms with van der Waals surface area (Å²) < 4.78 is 0.